The molecule has 3 aromatic rings. The Kier molecular flexibility index (Phi) is 10.2. The minimum atomic E-state index is -0.838. The molecule has 2 amide bonds. The van der Waals surface area contributed by atoms with Gasteiger partial charge in [-0.15, -0.1) is 0 Å². The van der Waals surface area contributed by atoms with Crippen LogP contribution in [0.5, 0.6) is 5.75 Å². The van der Waals surface area contributed by atoms with Gasteiger partial charge in [0.1, 0.15) is 34.6 Å². The number of carbonyl (C=O) groups is 1. The molecule has 7 N–H and O–H groups in total. The topological polar surface area (TPSA) is 165 Å². The third-order valence-corrected chi connectivity index (χ3v) is 9.38. The molecule has 48 heavy (non-hydrogen) atoms. The van der Waals surface area contributed by atoms with E-state index in [9.17, 15) is 9.90 Å². The first-order chi connectivity index (χ1) is 22.8. The maximum Gasteiger partial charge on any atom is 0.320 e. The van der Waals surface area contributed by atoms with Crippen LogP contribution in [0.3, 0.4) is 0 Å². The van der Waals surface area contributed by atoms with Crippen molar-refractivity contribution >= 4 is 23.4 Å². The van der Waals surface area contributed by atoms with Crippen molar-refractivity contribution < 1.29 is 14.6 Å². The van der Waals surface area contributed by atoms with Crippen molar-refractivity contribution in [1.29, 1.82) is 10.8 Å². The predicted molar refractivity (Wildman–Crippen MR) is 189 cm³/mol. The molecule has 1 fully saturated rings. The minimum absolute atomic E-state index is 0.143. The number of rotatable bonds is 7. The summed E-state index contributed by atoms with van der Waals surface area (Å²) in [5, 5.41) is 33.8. The molecular formula is C37H48N8O3. The number of urea groups is 1. The van der Waals surface area contributed by atoms with Crippen LogP contribution in [0.4, 0.5) is 10.5 Å². The number of nitrogens with one attached hydrogen (secondary N) is 4. The highest BCUT2D eigenvalue weighted by molar-refractivity contribution is 6.05. The van der Waals surface area contributed by atoms with Gasteiger partial charge in [0.2, 0.25) is 0 Å². The van der Waals surface area contributed by atoms with Crippen LogP contribution < -0.4 is 26.6 Å². The fourth-order valence-corrected chi connectivity index (χ4v) is 6.26. The van der Waals surface area contributed by atoms with Crippen LogP contribution in [-0.2, 0) is 0 Å². The number of carbonyl (C=O) groups excluding carboxylic acids is 1. The second-order valence-electron chi connectivity index (χ2n) is 13.8. The highest BCUT2D eigenvalue weighted by Gasteiger charge is 2.43. The Morgan fingerprint density at radius 1 is 1.12 bits per heavy atom. The minimum Gasteiger partial charge on any atom is -0.484 e. The Morgan fingerprint density at radius 3 is 2.48 bits per heavy atom. The third-order valence-electron chi connectivity index (χ3n) is 9.38. The van der Waals surface area contributed by atoms with Gasteiger partial charge < -0.3 is 20.9 Å². The van der Waals surface area contributed by atoms with Crippen molar-refractivity contribution in [3.8, 4) is 5.75 Å². The summed E-state index contributed by atoms with van der Waals surface area (Å²) in [6, 6.07) is 18.3. The van der Waals surface area contributed by atoms with Crippen molar-refractivity contribution in [3.05, 3.63) is 101 Å². The van der Waals surface area contributed by atoms with Gasteiger partial charge in [0.05, 0.1) is 24.5 Å². The van der Waals surface area contributed by atoms with Crippen molar-refractivity contribution in [3.63, 3.8) is 0 Å². The molecule has 0 spiro atoms. The van der Waals surface area contributed by atoms with E-state index in [0.717, 1.165) is 29.7 Å². The first kappa shape index (κ1) is 34.6. The Balaban J connectivity index is 1.34. The molecule has 11 heteroatoms. The van der Waals surface area contributed by atoms with Gasteiger partial charge in [0, 0.05) is 17.2 Å². The second-order valence-corrected chi connectivity index (χ2v) is 13.8. The molecule has 5 rings (SSSR count). The molecule has 3 atom stereocenters. The summed E-state index contributed by atoms with van der Waals surface area (Å²) in [6.45, 7) is 8.60. The van der Waals surface area contributed by atoms with Crippen LogP contribution in [-0.4, -0.2) is 58.0 Å². The van der Waals surface area contributed by atoms with Crippen LogP contribution in [0, 0.1) is 23.2 Å². The third kappa shape index (κ3) is 7.53. The van der Waals surface area contributed by atoms with Crippen LogP contribution in [0.1, 0.15) is 75.3 Å². The number of likely N-dealkylation sites (N-methyl/N-ethyl adjacent to an activating group) is 1. The molecular weight excluding hydrogens is 604 g/mol. The van der Waals surface area contributed by atoms with E-state index in [1.807, 2.05) is 88.2 Å². The molecule has 1 aliphatic carbocycles. The monoisotopic (exact) mass is 652 g/mol. The van der Waals surface area contributed by atoms with E-state index in [0.29, 0.717) is 42.2 Å². The standard InChI is InChI=1S/C37H48N8O3/c1-24-11-13-25(14-12-24)41-33(21-31(38)36(2,3)4)43-35(47)42-29-16-17-30(28-10-7-6-9-27(28)29)48-26-15-18-32(39)45(22-26)34(40)37(23-46)19-8-20-44(37)5/h6-7,9-15,18,21-22,29-30,39-40,46H,8,16-17,19-20,23,38H2,1-5H3,(H2,41,42,43,47)/b31-21-,39-32?,40-34?/t29-,30+,37+/m0/s1. The zero-order chi connectivity index (χ0) is 34.6. The van der Waals surface area contributed by atoms with E-state index in [-0.39, 0.29) is 35.5 Å². The summed E-state index contributed by atoms with van der Waals surface area (Å²) in [6.07, 6.45) is 5.86. The van der Waals surface area contributed by atoms with Crippen LogP contribution in [0.25, 0.3) is 0 Å². The summed E-state index contributed by atoms with van der Waals surface area (Å²) in [5.41, 5.74) is 9.69. The average molecular weight is 653 g/mol. The van der Waals surface area contributed by atoms with Gasteiger partial charge in [-0.25, -0.2) is 9.79 Å². The lowest BCUT2D eigenvalue weighted by Crippen LogP contribution is -2.55. The van der Waals surface area contributed by atoms with Gasteiger partial charge in [0.25, 0.3) is 0 Å². The molecule has 2 aliphatic rings. The Morgan fingerprint density at radius 2 is 1.83 bits per heavy atom. The average Bonchev–Trinajstić information content (AvgIpc) is 3.44. The lowest BCUT2D eigenvalue weighted by atomic mass is 9.85. The molecule has 2 aromatic carbocycles. The van der Waals surface area contributed by atoms with Crippen molar-refractivity contribution in [2.24, 2.45) is 16.1 Å². The van der Waals surface area contributed by atoms with Crippen molar-refractivity contribution in [2.45, 2.75) is 71.1 Å². The van der Waals surface area contributed by atoms with E-state index in [1.54, 1.807) is 24.4 Å². The number of likely N-dealkylation sites (tertiary alicyclic amines) is 1. The summed E-state index contributed by atoms with van der Waals surface area (Å²) in [7, 11) is 1.90. The number of fused-ring (bicyclic) bond motifs is 1. The molecule has 11 nitrogen and oxygen atoms in total. The van der Waals surface area contributed by atoms with Crippen molar-refractivity contribution in [1.82, 2.24) is 20.1 Å². The zero-order valence-corrected chi connectivity index (χ0v) is 28.5. The number of pyridine rings is 1. The lowest BCUT2D eigenvalue weighted by Gasteiger charge is -2.35. The number of amidine groups is 1. The quantitative estimate of drug-likeness (QED) is 0.148. The Hall–Kier alpha value is -4.74. The summed E-state index contributed by atoms with van der Waals surface area (Å²) in [4.78, 5) is 20.1. The number of aliphatic hydroxyl groups is 1. The number of amides is 2. The molecule has 254 valence electrons. The number of aryl methyl sites for hydroxylation is 1. The first-order valence-electron chi connectivity index (χ1n) is 16.5. The van der Waals surface area contributed by atoms with Crippen LogP contribution in [0.15, 0.2) is 83.6 Å². The number of aliphatic imine (C=N–C) groups is 1. The summed E-state index contributed by atoms with van der Waals surface area (Å²) in [5.74, 6) is 1.02. The molecule has 0 bridgehead atoms. The van der Waals surface area contributed by atoms with Gasteiger partial charge in [0.15, 0.2) is 0 Å². The Bertz CT molecular complexity index is 1770. The van der Waals surface area contributed by atoms with Gasteiger partial charge in [-0.1, -0.05) is 62.7 Å². The number of aliphatic hydroxyl groups excluding tert-OH is 1. The molecule has 0 radical (unpaired) electrons. The van der Waals surface area contributed by atoms with Gasteiger partial charge in [-0.2, -0.15) is 0 Å². The Labute approximate surface area is 282 Å². The fraction of sp³-hybridized carbons (Fsp3) is 0.405. The molecule has 1 saturated heterocycles. The normalized spacial score (nSPS) is 21.8. The predicted octanol–water partition coefficient (Wildman–Crippen LogP) is 5.43. The van der Waals surface area contributed by atoms with E-state index < -0.39 is 11.6 Å². The summed E-state index contributed by atoms with van der Waals surface area (Å²) < 4.78 is 8.00. The maximum absolute atomic E-state index is 13.4. The van der Waals surface area contributed by atoms with E-state index in [1.165, 1.54) is 4.57 Å². The largest absolute Gasteiger partial charge is 0.484 e. The molecule has 1 aliphatic heterocycles. The van der Waals surface area contributed by atoms with Gasteiger partial charge in [-0.05, 0) is 81.6 Å². The highest BCUT2D eigenvalue weighted by Crippen LogP contribution is 2.39. The van der Waals surface area contributed by atoms with Crippen LogP contribution in [0.2, 0.25) is 0 Å². The molecule has 1 aromatic heterocycles. The van der Waals surface area contributed by atoms with Crippen LogP contribution >= 0.6 is 0 Å². The van der Waals surface area contributed by atoms with E-state index in [2.05, 4.69) is 15.6 Å². The number of hydrogen-bond acceptors (Lipinski definition) is 8. The molecule has 0 saturated carbocycles. The number of nitrogens with zero attached hydrogens (tertiary/aromatic N) is 3. The molecule has 2 heterocycles. The second kappa shape index (κ2) is 14.2. The first-order valence-corrected chi connectivity index (χ1v) is 16.5. The van der Waals surface area contributed by atoms with Gasteiger partial charge >= 0.3 is 6.03 Å². The SMILES string of the molecule is Cc1ccc(N=C(/C=C(\N)C(C)(C)C)NC(=O)N[C@H]2CC[C@@H](Oc3ccc(=N)n(C(=N)[C@]4(CO)CCCN4C)c3)c3ccccc32)cc1. The van der Waals surface area contributed by atoms with Gasteiger partial charge in [-0.3, -0.25) is 25.6 Å². The number of hydrogen-bond donors (Lipinski definition) is 6. The number of aromatic nitrogens is 1. The summed E-state index contributed by atoms with van der Waals surface area (Å²) >= 11 is 0. The van der Waals surface area contributed by atoms with Crippen molar-refractivity contribution in [2.75, 3.05) is 20.2 Å². The highest BCUT2D eigenvalue weighted by atomic mass is 16.5. The smallest absolute Gasteiger partial charge is 0.320 e. The fourth-order valence-electron chi connectivity index (χ4n) is 6.26. The van der Waals surface area contributed by atoms with E-state index in [4.69, 9.17) is 21.3 Å². The number of ether oxygens (including phenoxy) is 1. The number of benzene rings is 2. The maximum atomic E-state index is 13.4. The number of nitrogens with two attached hydrogens (primary N) is 1. The van der Waals surface area contributed by atoms with E-state index >= 15 is 0 Å². The lowest BCUT2D eigenvalue weighted by molar-refractivity contribution is 0.135. The number of allylic oxidation sites excluding steroid dienone is 1. The zero-order valence-electron chi connectivity index (χ0n) is 28.5. The molecule has 0 unspecified atom stereocenters.